The summed E-state index contributed by atoms with van der Waals surface area (Å²) in [5, 5.41) is 0. The lowest BCUT2D eigenvalue weighted by molar-refractivity contribution is -0.124. The zero-order valence-corrected chi connectivity index (χ0v) is 10.7. The molecule has 0 aromatic heterocycles. The Morgan fingerprint density at radius 1 is 1.26 bits per heavy atom. The first-order valence-electron chi connectivity index (χ1n) is 6.34. The Morgan fingerprint density at radius 3 is 2.68 bits per heavy atom. The normalized spacial score (nSPS) is 28.6. The van der Waals surface area contributed by atoms with Gasteiger partial charge in [0.25, 0.3) is 0 Å². The number of carbonyl (C=O) groups is 2. The van der Waals surface area contributed by atoms with Crippen molar-refractivity contribution >= 4 is 11.9 Å². The van der Waals surface area contributed by atoms with Crippen molar-refractivity contribution in [2.45, 2.75) is 24.4 Å². The molecule has 4 heteroatoms. The summed E-state index contributed by atoms with van der Waals surface area (Å²) in [6, 6.07) is 9.24. The number of rotatable bonds is 1. The molecule has 1 aromatic rings. The van der Waals surface area contributed by atoms with Crippen molar-refractivity contribution in [1.29, 1.82) is 0 Å². The number of piperidine rings is 1. The number of ketones is 1. The summed E-state index contributed by atoms with van der Waals surface area (Å²) in [5.74, 6) is -0.0957. The third-order valence-electron chi connectivity index (χ3n) is 3.85. The van der Waals surface area contributed by atoms with Crippen molar-refractivity contribution in [2.24, 2.45) is 0 Å². The molecule has 0 saturated carbocycles. The molecular weight excluding hydrogens is 242 g/mol. The molecule has 0 N–H and O–H groups in total. The van der Waals surface area contributed by atoms with E-state index in [0.717, 1.165) is 5.56 Å². The van der Waals surface area contributed by atoms with E-state index in [4.69, 9.17) is 4.74 Å². The lowest BCUT2D eigenvalue weighted by atomic mass is 9.83. The van der Waals surface area contributed by atoms with Crippen LogP contribution in [-0.2, 0) is 9.53 Å². The summed E-state index contributed by atoms with van der Waals surface area (Å²) < 4.78 is 4.83. The van der Waals surface area contributed by atoms with Crippen LogP contribution in [0.4, 0.5) is 4.79 Å². The fourth-order valence-corrected chi connectivity index (χ4v) is 3.02. The smallest absolute Gasteiger partial charge is 0.410 e. The highest BCUT2D eigenvalue weighted by Gasteiger charge is 2.46. The Hall–Kier alpha value is -2.10. The summed E-state index contributed by atoms with van der Waals surface area (Å²) in [5.41, 5.74) is 0.955. The Bertz CT molecular complexity index is 538. The maximum atomic E-state index is 12.3. The number of hydrogen-bond acceptors (Lipinski definition) is 3. The molecule has 2 aliphatic rings. The number of ether oxygens (including phenoxy) is 1. The van der Waals surface area contributed by atoms with Crippen LogP contribution in [0.2, 0.25) is 0 Å². The van der Waals surface area contributed by atoms with Gasteiger partial charge < -0.3 is 4.74 Å². The summed E-state index contributed by atoms with van der Waals surface area (Å²) in [6.07, 6.45) is 3.88. The number of fused-ring (bicyclic) bond motifs is 2. The van der Waals surface area contributed by atoms with Crippen LogP contribution in [0.3, 0.4) is 0 Å². The van der Waals surface area contributed by atoms with Gasteiger partial charge in [0.15, 0.2) is 0 Å². The maximum Gasteiger partial charge on any atom is 0.410 e. The molecular formula is C15H15NO3. The standard InChI is InChI=1S/C15H15NO3/c1-19-15(18)16-11-7-8-12(16)14(13(17)9-11)10-5-3-2-4-6-10/h2-8,11-12,14H,9H2,1H3. The SMILES string of the molecule is COC(=O)N1C2C=CC1C(c1ccccc1)C(=O)C2. The summed E-state index contributed by atoms with van der Waals surface area (Å²) in [4.78, 5) is 25.8. The zero-order valence-electron chi connectivity index (χ0n) is 10.7. The van der Waals surface area contributed by atoms with Crippen molar-refractivity contribution in [3.05, 3.63) is 48.0 Å². The highest BCUT2D eigenvalue weighted by Crippen LogP contribution is 2.38. The Labute approximate surface area is 111 Å². The Morgan fingerprint density at radius 2 is 2.00 bits per heavy atom. The van der Waals surface area contributed by atoms with Crippen LogP contribution in [0.15, 0.2) is 42.5 Å². The molecule has 4 nitrogen and oxygen atoms in total. The number of nitrogens with zero attached hydrogens (tertiary/aromatic N) is 1. The lowest BCUT2D eigenvalue weighted by Crippen LogP contribution is -2.51. The number of amides is 1. The molecule has 1 amide bonds. The van der Waals surface area contributed by atoms with Gasteiger partial charge in [-0.2, -0.15) is 0 Å². The average Bonchev–Trinajstić information content (AvgIpc) is 2.75. The van der Waals surface area contributed by atoms with Crippen molar-refractivity contribution in [3.8, 4) is 0 Å². The molecule has 1 aromatic carbocycles. The Kier molecular flexibility index (Phi) is 2.85. The Balaban J connectivity index is 1.98. The van der Waals surface area contributed by atoms with Crippen LogP contribution in [-0.4, -0.2) is 36.0 Å². The third kappa shape index (κ3) is 1.84. The second-order valence-corrected chi connectivity index (χ2v) is 4.88. The van der Waals surface area contributed by atoms with E-state index in [1.165, 1.54) is 7.11 Å². The van der Waals surface area contributed by atoms with Gasteiger partial charge in [0.2, 0.25) is 0 Å². The molecule has 3 rings (SSSR count). The van der Waals surface area contributed by atoms with E-state index in [1.54, 1.807) is 4.90 Å². The van der Waals surface area contributed by atoms with Gasteiger partial charge in [-0.1, -0.05) is 42.5 Å². The molecule has 19 heavy (non-hydrogen) atoms. The van der Waals surface area contributed by atoms with E-state index in [9.17, 15) is 9.59 Å². The van der Waals surface area contributed by atoms with Crippen molar-refractivity contribution in [3.63, 3.8) is 0 Å². The fourth-order valence-electron chi connectivity index (χ4n) is 3.02. The van der Waals surface area contributed by atoms with Gasteiger partial charge in [-0.05, 0) is 5.56 Å². The average molecular weight is 257 g/mol. The molecule has 0 radical (unpaired) electrons. The van der Waals surface area contributed by atoms with Gasteiger partial charge in [0, 0.05) is 6.42 Å². The largest absolute Gasteiger partial charge is 0.453 e. The van der Waals surface area contributed by atoms with E-state index < -0.39 is 0 Å². The molecule has 98 valence electrons. The number of hydrogen-bond donors (Lipinski definition) is 0. The first-order chi connectivity index (χ1) is 9.22. The molecule has 2 heterocycles. The van der Waals surface area contributed by atoms with Crippen molar-refractivity contribution < 1.29 is 14.3 Å². The minimum absolute atomic E-state index is 0.148. The van der Waals surface area contributed by atoms with E-state index in [0.29, 0.717) is 6.42 Å². The van der Waals surface area contributed by atoms with Crippen LogP contribution in [0.25, 0.3) is 0 Å². The predicted octanol–water partition coefficient (Wildman–Crippen LogP) is 2.12. The van der Waals surface area contributed by atoms with Gasteiger partial charge >= 0.3 is 6.09 Å². The lowest BCUT2D eigenvalue weighted by Gasteiger charge is -2.38. The van der Waals surface area contributed by atoms with Gasteiger partial charge in [-0.15, -0.1) is 0 Å². The maximum absolute atomic E-state index is 12.3. The van der Waals surface area contributed by atoms with Crippen molar-refractivity contribution in [1.82, 2.24) is 4.90 Å². The minimum Gasteiger partial charge on any atom is -0.453 e. The van der Waals surface area contributed by atoms with Gasteiger partial charge in [-0.25, -0.2) is 4.79 Å². The van der Waals surface area contributed by atoms with E-state index in [2.05, 4.69) is 0 Å². The number of benzene rings is 1. The van der Waals surface area contributed by atoms with Crippen LogP contribution in [0, 0.1) is 0 Å². The third-order valence-corrected chi connectivity index (χ3v) is 3.85. The molecule has 3 atom stereocenters. The molecule has 2 bridgehead atoms. The van der Waals surface area contributed by atoms with E-state index >= 15 is 0 Å². The molecule has 1 saturated heterocycles. The van der Waals surface area contributed by atoms with Crippen LogP contribution >= 0.6 is 0 Å². The first-order valence-corrected chi connectivity index (χ1v) is 6.34. The topological polar surface area (TPSA) is 46.6 Å². The van der Waals surface area contributed by atoms with Crippen LogP contribution in [0.1, 0.15) is 17.9 Å². The van der Waals surface area contributed by atoms with Crippen LogP contribution < -0.4 is 0 Å². The highest BCUT2D eigenvalue weighted by molar-refractivity contribution is 5.91. The van der Waals surface area contributed by atoms with E-state index in [-0.39, 0.29) is 29.9 Å². The number of carbonyl (C=O) groups excluding carboxylic acids is 2. The van der Waals surface area contributed by atoms with Gasteiger partial charge in [0.1, 0.15) is 5.78 Å². The summed E-state index contributed by atoms with van der Waals surface area (Å²) >= 11 is 0. The highest BCUT2D eigenvalue weighted by atomic mass is 16.5. The summed E-state index contributed by atoms with van der Waals surface area (Å²) in [6.45, 7) is 0. The fraction of sp³-hybridized carbons (Fsp3) is 0.333. The first kappa shape index (κ1) is 12.0. The minimum atomic E-state index is -0.367. The molecule has 2 aliphatic heterocycles. The van der Waals surface area contributed by atoms with E-state index in [1.807, 2.05) is 42.5 Å². The molecule has 0 aliphatic carbocycles. The second kappa shape index (κ2) is 4.53. The quantitative estimate of drug-likeness (QED) is 0.724. The second-order valence-electron chi connectivity index (χ2n) is 4.88. The number of methoxy groups -OCH3 is 1. The summed E-state index contributed by atoms with van der Waals surface area (Å²) in [7, 11) is 1.37. The van der Waals surface area contributed by atoms with Gasteiger partial charge in [-0.3, -0.25) is 9.69 Å². The van der Waals surface area contributed by atoms with Crippen LogP contribution in [0.5, 0.6) is 0 Å². The predicted molar refractivity (Wildman–Crippen MR) is 69.8 cm³/mol. The monoisotopic (exact) mass is 257 g/mol. The van der Waals surface area contributed by atoms with Crippen molar-refractivity contribution in [2.75, 3.05) is 7.11 Å². The molecule has 0 spiro atoms. The molecule has 1 fully saturated rings. The van der Waals surface area contributed by atoms with Gasteiger partial charge in [0.05, 0.1) is 25.1 Å². The molecule has 3 unspecified atom stereocenters. The zero-order chi connectivity index (χ0) is 13.4. The number of Topliss-reactive ketones (excluding diaryl/α,β-unsaturated/α-hetero) is 1.